The Morgan fingerprint density at radius 2 is 2.33 bits per heavy atom. The van der Waals surface area contributed by atoms with E-state index in [2.05, 4.69) is 9.97 Å². The third-order valence-corrected chi connectivity index (χ3v) is 1.02. The van der Waals surface area contributed by atoms with Gasteiger partial charge >= 0.3 is 0 Å². The molecule has 0 aliphatic carbocycles. The summed E-state index contributed by atoms with van der Waals surface area (Å²) in [4.78, 5) is 7.66. The summed E-state index contributed by atoms with van der Waals surface area (Å²) >= 11 is 0. The van der Waals surface area contributed by atoms with E-state index in [1.807, 2.05) is 6.92 Å². The van der Waals surface area contributed by atoms with Gasteiger partial charge in [-0.3, -0.25) is 0 Å². The molecule has 1 rings (SSSR count). The van der Waals surface area contributed by atoms with Crippen molar-refractivity contribution >= 4 is 0 Å². The fourth-order valence-corrected chi connectivity index (χ4v) is 0.596. The molecule has 0 bridgehead atoms. The van der Waals surface area contributed by atoms with Crippen molar-refractivity contribution in [3.63, 3.8) is 0 Å². The predicted molar refractivity (Wildman–Crippen MR) is 32.7 cm³/mol. The van der Waals surface area contributed by atoms with E-state index in [9.17, 15) is 0 Å². The molecular weight excluding hydrogens is 116 g/mol. The normalized spacial score (nSPS) is 9.56. The third kappa shape index (κ3) is 1.47. The van der Waals surface area contributed by atoms with Gasteiger partial charge in [-0.1, -0.05) is 0 Å². The summed E-state index contributed by atoms with van der Waals surface area (Å²) in [6.45, 7) is 1.85. The van der Waals surface area contributed by atoms with Gasteiger partial charge in [0.25, 0.3) is 0 Å². The Labute approximate surface area is 53.4 Å². The monoisotopic (exact) mass is 124 g/mol. The molecule has 0 aromatic carbocycles. The van der Waals surface area contributed by atoms with E-state index in [0.717, 1.165) is 5.69 Å². The van der Waals surface area contributed by atoms with Crippen LogP contribution in [0.3, 0.4) is 0 Å². The topological polar surface area (TPSA) is 46.0 Å². The second kappa shape index (κ2) is 2.55. The van der Waals surface area contributed by atoms with Crippen molar-refractivity contribution < 1.29 is 5.11 Å². The van der Waals surface area contributed by atoms with Crippen molar-refractivity contribution in [3.8, 4) is 0 Å². The molecule has 1 aromatic heterocycles. The maximum atomic E-state index is 8.57. The summed E-state index contributed by atoms with van der Waals surface area (Å²) in [7, 11) is 0. The maximum absolute atomic E-state index is 8.57. The minimum atomic E-state index is -0.0106. The molecule has 0 fully saturated rings. The molecular formula is C6H8N2O. The number of rotatable bonds is 1. The number of aliphatic hydroxyl groups is 1. The fraction of sp³-hybridized carbons (Fsp3) is 0.333. The molecule has 0 saturated heterocycles. The van der Waals surface area contributed by atoms with E-state index < -0.39 is 0 Å². The first-order chi connectivity index (χ1) is 4.33. The zero-order valence-corrected chi connectivity index (χ0v) is 5.20. The summed E-state index contributed by atoms with van der Waals surface area (Å²) < 4.78 is 0. The third-order valence-electron chi connectivity index (χ3n) is 1.02. The van der Waals surface area contributed by atoms with Gasteiger partial charge < -0.3 is 5.11 Å². The van der Waals surface area contributed by atoms with E-state index in [-0.39, 0.29) is 6.61 Å². The largest absolute Gasteiger partial charge is 0.390 e. The van der Waals surface area contributed by atoms with E-state index in [4.69, 9.17) is 5.11 Å². The molecule has 1 heterocycles. The highest BCUT2D eigenvalue weighted by Gasteiger charge is 1.89. The number of nitrogens with zero attached hydrogens (tertiary/aromatic N) is 2. The fourth-order valence-electron chi connectivity index (χ4n) is 0.596. The van der Waals surface area contributed by atoms with Crippen molar-refractivity contribution in [2.45, 2.75) is 13.5 Å². The lowest BCUT2D eigenvalue weighted by molar-refractivity contribution is 0.276. The van der Waals surface area contributed by atoms with Gasteiger partial charge in [0.15, 0.2) is 0 Å². The van der Waals surface area contributed by atoms with Crippen molar-refractivity contribution in [3.05, 3.63) is 23.8 Å². The molecule has 0 unspecified atom stereocenters. The highest BCUT2D eigenvalue weighted by molar-refractivity contribution is 5.04. The van der Waals surface area contributed by atoms with Crippen LogP contribution in [-0.2, 0) is 6.61 Å². The number of hydrogen-bond donors (Lipinski definition) is 1. The molecule has 1 aromatic rings. The molecule has 3 heteroatoms. The molecule has 0 spiro atoms. The summed E-state index contributed by atoms with van der Waals surface area (Å²) in [5, 5.41) is 8.57. The van der Waals surface area contributed by atoms with Gasteiger partial charge in [-0.05, 0) is 13.0 Å². The number of aromatic nitrogens is 2. The molecule has 3 nitrogen and oxygen atoms in total. The Bertz CT molecular complexity index is 200. The lowest BCUT2D eigenvalue weighted by Gasteiger charge is -1.93. The van der Waals surface area contributed by atoms with Gasteiger partial charge in [0.05, 0.1) is 12.3 Å². The second-order valence-electron chi connectivity index (χ2n) is 1.81. The quantitative estimate of drug-likeness (QED) is 0.584. The van der Waals surface area contributed by atoms with Gasteiger partial charge in [0, 0.05) is 5.69 Å². The Kier molecular flexibility index (Phi) is 1.75. The summed E-state index contributed by atoms with van der Waals surface area (Å²) in [6, 6.07) is 1.75. The molecule has 48 valence electrons. The van der Waals surface area contributed by atoms with Crippen LogP contribution in [0, 0.1) is 6.92 Å². The Balaban J connectivity index is 2.94. The molecule has 0 radical (unpaired) electrons. The van der Waals surface area contributed by atoms with Crippen LogP contribution >= 0.6 is 0 Å². The average molecular weight is 124 g/mol. The van der Waals surface area contributed by atoms with Gasteiger partial charge in [0.2, 0.25) is 0 Å². The SMILES string of the molecule is Cc1cc(CO)ncn1. The zero-order chi connectivity index (χ0) is 6.69. The van der Waals surface area contributed by atoms with Gasteiger partial charge in [-0.15, -0.1) is 0 Å². The van der Waals surface area contributed by atoms with Crippen molar-refractivity contribution in [1.29, 1.82) is 0 Å². The maximum Gasteiger partial charge on any atom is 0.116 e. The minimum absolute atomic E-state index is 0.0106. The van der Waals surface area contributed by atoms with Crippen LogP contribution in [0.1, 0.15) is 11.4 Å². The highest BCUT2D eigenvalue weighted by Crippen LogP contribution is 1.94. The molecule has 0 amide bonds. The molecule has 9 heavy (non-hydrogen) atoms. The van der Waals surface area contributed by atoms with Crippen molar-refractivity contribution in [2.24, 2.45) is 0 Å². The van der Waals surface area contributed by atoms with Crippen LogP contribution in [0.5, 0.6) is 0 Å². The van der Waals surface area contributed by atoms with Crippen LogP contribution in [-0.4, -0.2) is 15.1 Å². The van der Waals surface area contributed by atoms with Crippen LogP contribution in [0.4, 0.5) is 0 Å². The molecule has 1 N–H and O–H groups in total. The Morgan fingerprint density at radius 1 is 1.56 bits per heavy atom. The van der Waals surface area contributed by atoms with E-state index in [0.29, 0.717) is 5.69 Å². The Morgan fingerprint density at radius 3 is 2.78 bits per heavy atom. The van der Waals surface area contributed by atoms with Gasteiger partial charge in [-0.2, -0.15) is 0 Å². The lowest BCUT2D eigenvalue weighted by atomic mass is 10.3. The van der Waals surface area contributed by atoms with E-state index >= 15 is 0 Å². The lowest BCUT2D eigenvalue weighted by Crippen LogP contribution is -1.90. The molecule has 0 aliphatic rings. The number of aliphatic hydroxyl groups excluding tert-OH is 1. The first kappa shape index (κ1) is 6.16. The zero-order valence-electron chi connectivity index (χ0n) is 5.20. The smallest absolute Gasteiger partial charge is 0.116 e. The predicted octanol–water partition coefficient (Wildman–Crippen LogP) is 0.277. The van der Waals surface area contributed by atoms with Gasteiger partial charge in [-0.25, -0.2) is 9.97 Å². The van der Waals surface area contributed by atoms with E-state index in [1.54, 1.807) is 6.07 Å². The van der Waals surface area contributed by atoms with E-state index in [1.165, 1.54) is 6.33 Å². The second-order valence-corrected chi connectivity index (χ2v) is 1.81. The molecule has 0 atom stereocenters. The summed E-state index contributed by atoms with van der Waals surface area (Å²) in [5.74, 6) is 0. The minimum Gasteiger partial charge on any atom is -0.390 e. The Hall–Kier alpha value is -0.960. The number of hydrogen-bond acceptors (Lipinski definition) is 3. The first-order valence-electron chi connectivity index (χ1n) is 2.71. The molecule has 0 saturated carbocycles. The van der Waals surface area contributed by atoms with Crippen LogP contribution in [0.25, 0.3) is 0 Å². The van der Waals surface area contributed by atoms with Crippen molar-refractivity contribution in [2.75, 3.05) is 0 Å². The summed E-state index contributed by atoms with van der Waals surface area (Å²) in [6.07, 6.45) is 1.45. The number of aryl methyl sites for hydroxylation is 1. The highest BCUT2D eigenvalue weighted by atomic mass is 16.3. The van der Waals surface area contributed by atoms with Gasteiger partial charge in [0.1, 0.15) is 6.33 Å². The van der Waals surface area contributed by atoms with Crippen molar-refractivity contribution in [1.82, 2.24) is 9.97 Å². The molecule has 0 aliphatic heterocycles. The van der Waals surface area contributed by atoms with Crippen LogP contribution in [0.2, 0.25) is 0 Å². The van der Waals surface area contributed by atoms with Crippen LogP contribution in [0.15, 0.2) is 12.4 Å². The standard InChI is InChI=1S/C6H8N2O/c1-5-2-6(3-9)8-4-7-5/h2,4,9H,3H2,1H3. The summed E-state index contributed by atoms with van der Waals surface area (Å²) in [5.41, 5.74) is 1.55. The first-order valence-corrected chi connectivity index (χ1v) is 2.71. The average Bonchev–Trinajstić information content (AvgIpc) is 1.88. The van der Waals surface area contributed by atoms with Crippen LogP contribution < -0.4 is 0 Å².